The summed E-state index contributed by atoms with van der Waals surface area (Å²) >= 11 is 0. The molecule has 3 aliphatic carbocycles. The van der Waals surface area contributed by atoms with Gasteiger partial charge in [-0.15, -0.1) is 6.42 Å². The number of carbonyl (C=O) groups excluding carboxylic acids is 3. The number of aryl methyl sites for hydroxylation is 1. The number of hydrogen-bond donors (Lipinski definition) is 1. The first-order valence-electron chi connectivity index (χ1n) is 18.7. The molecule has 1 saturated heterocycles. The number of terminal acetylenes is 1. The van der Waals surface area contributed by atoms with E-state index in [0.29, 0.717) is 80.3 Å². The molecule has 9 nitrogen and oxygen atoms in total. The van der Waals surface area contributed by atoms with E-state index in [-0.39, 0.29) is 23.1 Å². The number of aliphatic hydroxyl groups is 1. The smallest absolute Gasteiger partial charge is 0.273 e. The minimum absolute atomic E-state index is 0.0923. The third-order valence-corrected chi connectivity index (χ3v) is 12.9. The van der Waals surface area contributed by atoms with Crippen LogP contribution in [0.5, 0.6) is 5.75 Å². The highest BCUT2D eigenvalue weighted by Crippen LogP contribution is 2.64. The first-order chi connectivity index (χ1) is 24.5. The molecule has 7 rings (SSSR count). The predicted molar refractivity (Wildman–Crippen MR) is 196 cm³/mol. The molecule has 0 bridgehead atoms. The Bertz CT molecular complexity index is 1900. The van der Waals surface area contributed by atoms with E-state index >= 15 is 0 Å². The minimum Gasteiger partial charge on any atom is -0.496 e. The molecule has 3 amide bonds. The lowest BCUT2D eigenvalue weighted by molar-refractivity contribution is -0.137. The summed E-state index contributed by atoms with van der Waals surface area (Å²) in [6, 6.07) is 14.7. The molecule has 2 saturated carbocycles. The number of ether oxygens (including phenoxy) is 1. The van der Waals surface area contributed by atoms with Crippen LogP contribution in [0.4, 0.5) is 0 Å². The maximum absolute atomic E-state index is 14.2. The van der Waals surface area contributed by atoms with E-state index in [1.807, 2.05) is 42.2 Å². The number of rotatable bonds is 7. The Labute approximate surface area is 301 Å². The Morgan fingerprint density at radius 2 is 1.80 bits per heavy atom. The van der Waals surface area contributed by atoms with E-state index in [4.69, 9.17) is 11.2 Å². The average Bonchev–Trinajstić information content (AvgIpc) is 3.45. The van der Waals surface area contributed by atoms with Gasteiger partial charge in [-0.05, 0) is 105 Å². The van der Waals surface area contributed by atoms with Crippen LogP contribution in [0.2, 0.25) is 0 Å². The van der Waals surface area contributed by atoms with E-state index in [1.54, 1.807) is 29.9 Å². The van der Waals surface area contributed by atoms with Gasteiger partial charge in [-0.25, -0.2) is 4.98 Å². The zero-order chi connectivity index (χ0) is 36.1. The van der Waals surface area contributed by atoms with Crippen molar-refractivity contribution in [3.05, 3.63) is 70.9 Å². The van der Waals surface area contributed by atoms with Gasteiger partial charge in [-0.2, -0.15) is 0 Å². The highest BCUT2D eigenvalue weighted by Gasteiger charge is 2.61. The highest BCUT2D eigenvalue weighted by molar-refractivity contribution is 5.99. The number of piperazine rings is 1. The number of nitrogens with zero attached hydrogens (tertiary/aromatic N) is 4. The molecule has 51 heavy (non-hydrogen) atoms. The molecule has 3 fully saturated rings. The van der Waals surface area contributed by atoms with Gasteiger partial charge in [-0.3, -0.25) is 14.4 Å². The van der Waals surface area contributed by atoms with Crippen LogP contribution in [-0.2, 0) is 11.2 Å². The molecule has 6 atom stereocenters. The quantitative estimate of drug-likeness (QED) is 0.320. The van der Waals surface area contributed by atoms with Gasteiger partial charge in [0.15, 0.2) is 0 Å². The van der Waals surface area contributed by atoms with Gasteiger partial charge >= 0.3 is 0 Å². The third-order valence-electron chi connectivity index (χ3n) is 12.9. The predicted octanol–water partition coefficient (Wildman–Crippen LogP) is 5.69. The summed E-state index contributed by atoms with van der Waals surface area (Å²) in [6.07, 6.45) is 11.9. The van der Waals surface area contributed by atoms with E-state index in [1.165, 1.54) is 11.1 Å². The Hall–Kier alpha value is -4.42. The van der Waals surface area contributed by atoms with Gasteiger partial charge in [0.25, 0.3) is 11.8 Å². The van der Waals surface area contributed by atoms with Gasteiger partial charge in [0.05, 0.1) is 18.2 Å². The third kappa shape index (κ3) is 5.86. The fraction of sp³-hybridized carbons (Fsp3) is 0.524. The molecular weight excluding hydrogens is 640 g/mol. The lowest BCUT2D eigenvalue weighted by atomic mass is 9.53. The number of pyridine rings is 1. The number of benzene rings is 2. The molecule has 3 aromatic rings. The molecule has 9 heteroatoms. The number of methoxy groups -OCH3 is 1. The first kappa shape index (κ1) is 35.0. The number of fused-ring (bicyclic) bond motifs is 6. The lowest BCUT2D eigenvalue weighted by Gasteiger charge is -2.52. The fourth-order valence-corrected chi connectivity index (χ4v) is 9.93. The molecule has 0 radical (unpaired) electrons. The van der Waals surface area contributed by atoms with Gasteiger partial charge in [0, 0.05) is 43.5 Å². The van der Waals surface area contributed by atoms with Crippen molar-refractivity contribution in [1.82, 2.24) is 19.7 Å². The van der Waals surface area contributed by atoms with Crippen molar-refractivity contribution < 1.29 is 24.2 Å². The zero-order valence-corrected chi connectivity index (χ0v) is 30.4. The van der Waals surface area contributed by atoms with Gasteiger partial charge in [0.2, 0.25) is 5.91 Å². The van der Waals surface area contributed by atoms with Crippen molar-refractivity contribution in [3.63, 3.8) is 0 Å². The molecule has 1 aliphatic heterocycles. The maximum Gasteiger partial charge on any atom is 0.273 e. The molecule has 2 aromatic carbocycles. The van der Waals surface area contributed by atoms with Crippen LogP contribution in [0, 0.1) is 29.6 Å². The topological polar surface area (TPSA) is 103 Å². The summed E-state index contributed by atoms with van der Waals surface area (Å²) < 4.78 is 5.80. The molecule has 268 valence electrons. The monoisotopic (exact) mass is 690 g/mol. The molecule has 4 aliphatic rings. The largest absolute Gasteiger partial charge is 0.496 e. The van der Waals surface area contributed by atoms with Crippen molar-refractivity contribution >= 4 is 28.6 Å². The number of aromatic nitrogens is 1. The molecule has 1 aromatic heterocycles. The summed E-state index contributed by atoms with van der Waals surface area (Å²) in [6.45, 7) is 7.94. The molecule has 2 heterocycles. The van der Waals surface area contributed by atoms with Crippen molar-refractivity contribution in [2.75, 3.05) is 39.8 Å². The number of amides is 3. The fourth-order valence-electron chi connectivity index (χ4n) is 9.93. The van der Waals surface area contributed by atoms with Crippen LogP contribution in [0.15, 0.2) is 48.5 Å². The van der Waals surface area contributed by atoms with Crippen LogP contribution >= 0.6 is 0 Å². The van der Waals surface area contributed by atoms with E-state index in [2.05, 4.69) is 30.0 Å². The van der Waals surface area contributed by atoms with Crippen LogP contribution in [0.25, 0.3) is 10.9 Å². The lowest BCUT2D eigenvalue weighted by Crippen LogP contribution is -2.56. The normalized spacial score (nSPS) is 27.5. The Balaban J connectivity index is 1.04. The Kier molecular flexibility index (Phi) is 9.34. The summed E-state index contributed by atoms with van der Waals surface area (Å²) in [4.78, 5) is 51.5. The molecule has 0 spiro atoms. The van der Waals surface area contributed by atoms with Crippen LogP contribution < -0.4 is 4.74 Å². The van der Waals surface area contributed by atoms with Crippen molar-refractivity contribution in [1.29, 1.82) is 0 Å². The zero-order valence-electron chi connectivity index (χ0n) is 30.4. The standard InChI is InChI=1S/C42H50N4O5/c1-6-20-46(40(49)36-15-13-28-10-8-9-11-35(28)43-36)27(3)38(47)44-21-23-45(24-22-44)39(48)33-26-32-29(25-37(33)51-5)12-14-31-30(32)16-18-41(4)34(31)17-19-42(41,50)7-2/h2,8-11,13,15,25-27,30-31,34,50H,6,12,14,16-24H2,1,3-5H3/t27-,30?,31+,34?,41-,42-/m0/s1. The number of para-hydroxylation sites is 1. The summed E-state index contributed by atoms with van der Waals surface area (Å²) in [7, 11) is 1.62. The van der Waals surface area contributed by atoms with Crippen molar-refractivity contribution in [2.45, 2.75) is 83.3 Å². The molecular formula is C42H50N4O5. The molecule has 1 N–H and O–H groups in total. The van der Waals surface area contributed by atoms with E-state index < -0.39 is 11.6 Å². The van der Waals surface area contributed by atoms with Crippen molar-refractivity contribution in [3.8, 4) is 18.1 Å². The second kappa shape index (κ2) is 13.6. The van der Waals surface area contributed by atoms with E-state index in [0.717, 1.165) is 43.0 Å². The van der Waals surface area contributed by atoms with Crippen LogP contribution in [0.1, 0.15) is 97.2 Å². The SMILES string of the molecule is C#C[C@]1(O)CCC2[C@@H]3CCc4cc(OC)c(C(=O)N5CCN(C(=O)[C@H](C)N(CCC)C(=O)c6ccc7ccccc7n6)CC5)cc4C3CC[C@@]21C. The average molecular weight is 691 g/mol. The van der Waals surface area contributed by atoms with Crippen LogP contribution in [-0.4, -0.2) is 94.0 Å². The summed E-state index contributed by atoms with van der Waals surface area (Å²) in [5.74, 6) is 3.95. The number of hydrogen-bond acceptors (Lipinski definition) is 6. The number of carbonyl (C=O) groups is 3. The highest BCUT2D eigenvalue weighted by atomic mass is 16.5. The van der Waals surface area contributed by atoms with Gasteiger partial charge in [0.1, 0.15) is 23.1 Å². The van der Waals surface area contributed by atoms with E-state index in [9.17, 15) is 19.5 Å². The second-order valence-electron chi connectivity index (χ2n) is 15.3. The Morgan fingerprint density at radius 3 is 2.53 bits per heavy atom. The van der Waals surface area contributed by atoms with Gasteiger partial charge < -0.3 is 24.5 Å². The van der Waals surface area contributed by atoms with Gasteiger partial charge in [-0.1, -0.05) is 44.0 Å². The van der Waals surface area contributed by atoms with Crippen LogP contribution in [0.3, 0.4) is 0 Å². The summed E-state index contributed by atoms with van der Waals surface area (Å²) in [5, 5.41) is 12.3. The maximum atomic E-state index is 14.2. The van der Waals surface area contributed by atoms with Crippen molar-refractivity contribution in [2.24, 2.45) is 17.3 Å². The summed E-state index contributed by atoms with van der Waals surface area (Å²) in [5.41, 5.74) is 2.77. The Morgan fingerprint density at radius 1 is 1.06 bits per heavy atom. The first-order valence-corrected chi connectivity index (χ1v) is 18.7. The second-order valence-corrected chi connectivity index (χ2v) is 15.3. The molecule has 2 unspecified atom stereocenters. The minimum atomic E-state index is -1.05.